The molecule has 0 saturated carbocycles. The minimum Gasteiger partial charge on any atom is -0.623 e. The van der Waals surface area contributed by atoms with Crippen molar-refractivity contribution in [3.8, 4) is 0 Å². The first-order valence-electron chi connectivity index (χ1n) is 7.04. The average molecular weight is 265 g/mol. The van der Waals surface area contributed by atoms with Gasteiger partial charge >= 0.3 is 0 Å². The molecule has 0 saturated heterocycles. The van der Waals surface area contributed by atoms with E-state index in [4.69, 9.17) is 0 Å². The molecular formula is C18H19NO. The lowest BCUT2D eigenvalue weighted by Crippen LogP contribution is -2.29. The number of rotatable bonds is 2. The van der Waals surface area contributed by atoms with Crippen LogP contribution >= 0.6 is 0 Å². The number of benzene rings is 2. The van der Waals surface area contributed by atoms with Gasteiger partial charge in [-0.15, -0.1) is 0 Å². The van der Waals surface area contributed by atoms with Crippen LogP contribution < -0.4 is 0 Å². The molecule has 1 unspecified atom stereocenters. The summed E-state index contributed by atoms with van der Waals surface area (Å²) in [6, 6.07) is 20.3. The van der Waals surface area contributed by atoms with Crippen molar-refractivity contribution < 1.29 is 4.74 Å². The van der Waals surface area contributed by atoms with Crippen molar-refractivity contribution in [3.63, 3.8) is 0 Å². The highest BCUT2D eigenvalue weighted by Crippen LogP contribution is 2.37. The van der Waals surface area contributed by atoms with Crippen LogP contribution in [0.15, 0.2) is 60.7 Å². The molecule has 1 atom stereocenters. The van der Waals surface area contributed by atoms with Crippen molar-refractivity contribution >= 4 is 5.71 Å². The maximum atomic E-state index is 12.7. The average Bonchev–Trinajstić information content (AvgIpc) is 2.72. The standard InChI is InChI=1S/C18H19NO/c1-18(2)13-16(14-9-5-3-6-10-14)17(19(18)20)15-11-7-4-8-12-15/h3-12,16H,13H2,1-2H3. The van der Waals surface area contributed by atoms with Crippen molar-refractivity contribution in [2.75, 3.05) is 0 Å². The van der Waals surface area contributed by atoms with Crippen LogP contribution in [0.3, 0.4) is 0 Å². The Morgan fingerprint density at radius 1 is 0.950 bits per heavy atom. The fourth-order valence-electron chi connectivity index (χ4n) is 3.04. The molecule has 0 amide bonds. The van der Waals surface area contributed by atoms with Crippen LogP contribution in [0.5, 0.6) is 0 Å². The van der Waals surface area contributed by atoms with Gasteiger partial charge in [0.1, 0.15) is 0 Å². The Bertz CT molecular complexity index is 629. The van der Waals surface area contributed by atoms with Crippen LogP contribution in [-0.4, -0.2) is 16.0 Å². The SMILES string of the molecule is CC1(C)CC(c2ccccc2)C(c2ccccc2)=[N+]1[O-]. The van der Waals surface area contributed by atoms with Crippen molar-refractivity contribution in [3.05, 3.63) is 77.0 Å². The molecular weight excluding hydrogens is 246 g/mol. The molecule has 3 rings (SSSR count). The van der Waals surface area contributed by atoms with E-state index in [0.29, 0.717) is 0 Å². The first-order chi connectivity index (χ1) is 9.59. The van der Waals surface area contributed by atoms with E-state index in [0.717, 1.165) is 17.7 Å². The van der Waals surface area contributed by atoms with E-state index in [1.54, 1.807) is 0 Å². The maximum Gasteiger partial charge on any atom is 0.202 e. The van der Waals surface area contributed by atoms with Crippen molar-refractivity contribution in [2.45, 2.75) is 31.7 Å². The summed E-state index contributed by atoms with van der Waals surface area (Å²) in [4.78, 5) is 0. The zero-order valence-corrected chi connectivity index (χ0v) is 11.9. The molecule has 0 fully saturated rings. The summed E-state index contributed by atoms with van der Waals surface area (Å²) < 4.78 is 1.21. The zero-order valence-electron chi connectivity index (χ0n) is 11.9. The van der Waals surface area contributed by atoms with Gasteiger partial charge in [-0.25, -0.2) is 4.74 Å². The fourth-order valence-corrected chi connectivity index (χ4v) is 3.04. The van der Waals surface area contributed by atoms with Gasteiger partial charge in [-0.3, -0.25) is 0 Å². The van der Waals surface area contributed by atoms with Crippen LogP contribution in [0.4, 0.5) is 0 Å². The molecule has 102 valence electrons. The lowest BCUT2D eigenvalue weighted by molar-refractivity contribution is -0.530. The second kappa shape index (κ2) is 4.78. The number of hydrogen-bond acceptors (Lipinski definition) is 1. The van der Waals surface area contributed by atoms with E-state index < -0.39 is 0 Å². The Labute approximate surface area is 120 Å². The Morgan fingerprint density at radius 3 is 2.10 bits per heavy atom. The van der Waals surface area contributed by atoms with Gasteiger partial charge in [0.25, 0.3) is 0 Å². The van der Waals surface area contributed by atoms with Gasteiger partial charge in [0.15, 0.2) is 5.54 Å². The van der Waals surface area contributed by atoms with Crippen LogP contribution in [0.25, 0.3) is 0 Å². The van der Waals surface area contributed by atoms with Gasteiger partial charge in [-0.2, -0.15) is 0 Å². The van der Waals surface area contributed by atoms with Crippen molar-refractivity contribution in [1.82, 2.24) is 0 Å². The topological polar surface area (TPSA) is 26.1 Å². The predicted octanol–water partition coefficient (Wildman–Crippen LogP) is 3.95. The third-order valence-corrected chi connectivity index (χ3v) is 4.07. The quantitative estimate of drug-likeness (QED) is 0.596. The molecule has 0 aromatic heterocycles. The van der Waals surface area contributed by atoms with E-state index in [1.165, 1.54) is 10.3 Å². The smallest absolute Gasteiger partial charge is 0.202 e. The van der Waals surface area contributed by atoms with Crippen LogP contribution in [-0.2, 0) is 0 Å². The Balaban J connectivity index is 2.13. The highest BCUT2D eigenvalue weighted by atomic mass is 16.5. The van der Waals surface area contributed by atoms with Gasteiger partial charge in [0.05, 0.1) is 5.92 Å². The molecule has 1 aliphatic heterocycles. The summed E-state index contributed by atoms with van der Waals surface area (Å²) in [6.45, 7) is 4.04. The molecule has 0 spiro atoms. The van der Waals surface area contributed by atoms with E-state index in [1.807, 2.05) is 62.4 Å². The minimum absolute atomic E-state index is 0.172. The largest absolute Gasteiger partial charge is 0.623 e. The molecule has 0 bridgehead atoms. The number of nitrogens with zero attached hydrogens (tertiary/aromatic N) is 1. The Kier molecular flexibility index (Phi) is 3.09. The second-order valence-electron chi connectivity index (χ2n) is 6.03. The minimum atomic E-state index is -0.355. The lowest BCUT2D eigenvalue weighted by atomic mass is 9.85. The van der Waals surface area contributed by atoms with Crippen molar-refractivity contribution in [2.24, 2.45) is 0 Å². The molecule has 0 aliphatic carbocycles. The van der Waals surface area contributed by atoms with E-state index in [-0.39, 0.29) is 11.5 Å². The van der Waals surface area contributed by atoms with Gasteiger partial charge in [0.2, 0.25) is 5.71 Å². The lowest BCUT2D eigenvalue weighted by Gasteiger charge is -2.18. The van der Waals surface area contributed by atoms with E-state index in [9.17, 15) is 5.21 Å². The summed E-state index contributed by atoms with van der Waals surface area (Å²) >= 11 is 0. The summed E-state index contributed by atoms with van der Waals surface area (Å²) in [5.41, 5.74) is 2.78. The van der Waals surface area contributed by atoms with E-state index in [2.05, 4.69) is 12.1 Å². The summed E-state index contributed by atoms with van der Waals surface area (Å²) in [5, 5.41) is 12.7. The van der Waals surface area contributed by atoms with Gasteiger partial charge in [-0.1, -0.05) is 48.5 Å². The molecule has 2 aromatic rings. The van der Waals surface area contributed by atoms with Gasteiger partial charge < -0.3 is 5.21 Å². The predicted molar refractivity (Wildman–Crippen MR) is 82.1 cm³/mol. The highest BCUT2D eigenvalue weighted by Gasteiger charge is 2.45. The van der Waals surface area contributed by atoms with Gasteiger partial charge in [0, 0.05) is 25.8 Å². The monoisotopic (exact) mass is 265 g/mol. The van der Waals surface area contributed by atoms with E-state index >= 15 is 0 Å². The Hall–Kier alpha value is -2.09. The highest BCUT2D eigenvalue weighted by molar-refractivity contribution is 6.02. The van der Waals surface area contributed by atoms with Crippen LogP contribution in [0.2, 0.25) is 0 Å². The molecule has 1 heterocycles. The summed E-state index contributed by atoms with van der Waals surface area (Å²) in [5.74, 6) is 0.172. The van der Waals surface area contributed by atoms with Crippen LogP contribution in [0.1, 0.15) is 37.3 Å². The normalized spacial score (nSPS) is 21.2. The fraction of sp³-hybridized carbons (Fsp3) is 0.278. The molecule has 0 N–H and O–H groups in total. The van der Waals surface area contributed by atoms with Gasteiger partial charge in [-0.05, 0) is 17.7 Å². The Morgan fingerprint density at radius 2 is 1.50 bits per heavy atom. The summed E-state index contributed by atoms with van der Waals surface area (Å²) in [6.07, 6.45) is 0.852. The third-order valence-electron chi connectivity index (χ3n) is 4.07. The molecule has 2 heteroatoms. The first kappa shape index (κ1) is 12.9. The maximum absolute atomic E-state index is 12.7. The zero-order chi connectivity index (χ0) is 14.2. The second-order valence-corrected chi connectivity index (χ2v) is 6.03. The molecule has 20 heavy (non-hydrogen) atoms. The molecule has 1 aliphatic rings. The van der Waals surface area contributed by atoms with Crippen LogP contribution in [0, 0.1) is 5.21 Å². The third kappa shape index (κ3) is 2.11. The summed E-state index contributed by atoms with van der Waals surface area (Å²) in [7, 11) is 0. The molecule has 2 aromatic carbocycles. The van der Waals surface area contributed by atoms with Crippen molar-refractivity contribution in [1.29, 1.82) is 0 Å². The molecule has 0 radical (unpaired) electrons. The molecule has 2 nitrogen and oxygen atoms in total. The number of hydrogen-bond donors (Lipinski definition) is 0. The first-order valence-corrected chi connectivity index (χ1v) is 7.04. The number of hydroxylamine groups is 1.